The predicted molar refractivity (Wildman–Crippen MR) is 53.9 cm³/mol. The maximum atomic E-state index is 12.0. The van der Waals surface area contributed by atoms with Gasteiger partial charge in [-0.1, -0.05) is 13.8 Å². The SMILES string of the molecule is CC1(C)CCC2CCC(=O)CC1C2=O. The first-order valence-electron chi connectivity index (χ1n) is 5.56. The highest BCUT2D eigenvalue weighted by atomic mass is 16.1. The van der Waals surface area contributed by atoms with Gasteiger partial charge in [-0.3, -0.25) is 9.59 Å². The summed E-state index contributed by atoms with van der Waals surface area (Å²) in [5.74, 6) is 0.864. The number of ketones is 2. The van der Waals surface area contributed by atoms with Gasteiger partial charge in [0.15, 0.2) is 0 Å². The Morgan fingerprint density at radius 3 is 2.64 bits per heavy atom. The lowest BCUT2D eigenvalue weighted by molar-refractivity contribution is -0.136. The molecule has 2 atom stereocenters. The van der Waals surface area contributed by atoms with Gasteiger partial charge in [0, 0.05) is 24.7 Å². The average molecular weight is 194 g/mol. The zero-order chi connectivity index (χ0) is 10.3. The van der Waals surface area contributed by atoms with Crippen LogP contribution in [0.15, 0.2) is 0 Å². The van der Waals surface area contributed by atoms with Crippen LogP contribution in [0.1, 0.15) is 46.0 Å². The highest BCUT2D eigenvalue weighted by molar-refractivity contribution is 5.92. The second kappa shape index (κ2) is 3.18. The molecule has 2 unspecified atom stereocenters. The third-order valence-electron chi connectivity index (χ3n) is 4.03. The zero-order valence-electron chi connectivity index (χ0n) is 9.01. The number of carbonyl (C=O) groups is 2. The summed E-state index contributed by atoms with van der Waals surface area (Å²) in [7, 11) is 0. The average Bonchev–Trinajstić information content (AvgIpc) is 2.20. The summed E-state index contributed by atoms with van der Waals surface area (Å²) < 4.78 is 0. The maximum Gasteiger partial charge on any atom is 0.140 e. The lowest BCUT2D eigenvalue weighted by atomic mass is 9.64. The van der Waals surface area contributed by atoms with Gasteiger partial charge in [-0.15, -0.1) is 0 Å². The summed E-state index contributed by atoms with van der Waals surface area (Å²) in [6, 6.07) is 0. The second-order valence-corrected chi connectivity index (χ2v) is 5.46. The molecule has 78 valence electrons. The van der Waals surface area contributed by atoms with Crippen LogP contribution in [0.2, 0.25) is 0 Å². The number of hydrogen-bond donors (Lipinski definition) is 0. The first kappa shape index (κ1) is 9.88. The van der Waals surface area contributed by atoms with E-state index in [9.17, 15) is 9.59 Å². The summed E-state index contributed by atoms with van der Waals surface area (Å²) in [6.07, 6.45) is 4.03. The molecule has 2 fully saturated rings. The predicted octanol–water partition coefficient (Wildman–Crippen LogP) is 2.36. The molecule has 2 aliphatic rings. The van der Waals surface area contributed by atoms with Gasteiger partial charge < -0.3 is 0 Å². The van der Waals surface area contributed by atoms with Crippen LogP contribution in [0.25, 0.3) is 0 Å². The summed E-state index contributed by atoms with van der Waals surface area (Å²) in [5.41, 5.74) is 0.0492. The van der Waals surface area contributed by atoms with E-state index >= 15 is 0 Å². The first-order chi connectivity index (χ1) is 6.50. The summed E-state index contributed by atoms with van der Waals surface area (Å²) >= 11 is 0. The van der Waals surface area contributed by atoms with Crippen LogP contribution in [0.5, 0.6) is 0 Å². The van der Waals surface area contributed by atoms with E-state index in [1.165, 1.54) is 0 Å². The maximum absolute atomic E-state index is 12.0. The third-order valence-corrected chi connectivity index (χ3v) is 4.03. The van der Waals surface area contributed by atoms with Crippen molar-refractivity contribution in [3.05, 3.63) is 0 Å². The first-order valence-corrected chi connectivity index (χ1v) is 5.56. The molecule has 0 saturated heterocycles. The number of fused-ring (bicyclic) bond motifs is 2. The minimum Gasteiger partial charge on any atom is -0.300 e. The topological polar surface area (TPSA) is 34.1 Å². The highest BCUT2D eigenvalue weighted by Crippen LogP contribution is 2.45. The van der Waals surface area contributed by atoms with Crippen molar-refractivity contribution in [2.24, 2.45) is 17.3 Å². The molecule has 0 heterocycles. The van der Waals surface area contributed by atoms with Gasteiger partial charge in [-0.05, 0) is 24.7 Å². The lowest BCUT2D eigenvalue weighted by Crippen LogP contribution is -2.39. The molecule has 0 radical (unpaired) electrons. The second-order valence-electron chi connectivity index (χ2n) is 5.46. The van der Waals surface area contributed by atoms with Crippen molar-refractivity contribution in [1.82, 2.24) is 0 Å². The van der Waals surface area contributed by atoms with Crippen LogP contribution in [0.3, 0.4) is 0 Å². The van der Waals surface area contributed by atoms with E-state index in [0.29, 0.717) is 24.4 Å². The molecule has 0 aromatic carbocycles. The smallest absolute Gasteiger partial charge is 0.140 e. The molecule has 2 bridgehead atoms. The molecule has 0 aromatic rings. The molecule has 14 heavy (non-hydrogen) atoms. The van der Waals surface area contributed by atoms with E-state index in [1.54, 1.807) is 0 Å². The van der Waals surface area contributed by atoms with Gasteiger partial charge in [0.2, 0.25) is 0 Å². The van der Waals surface area contributed by atoms with E-state index in [4.69, 9.17) is 0 Å². The standard InChI is InChI=1S/C12H18O2/c1-12(2)6-5-8-3-4-9(13)7-10(12)11(8)14/h8,10H,3-7H2,1-2H3. The van der Waals surface area contributed by atoms with Crippen LogP contribution < -0.4 is 0 Å². The Balaban J connectivity index is 2.30. The lowest BCUT2D eigenvalue weighted by Gasteiger charge is -2.39. The fourth-order valence-corrected chi connectivity index (χ4v) is 2.86. The summed E-state index contributed by atoms with van der Waals surface area (Å²) in [4.78, 5) is 23.5. The van der Waals surface area contributed by atoms with Crippen LogP contribution >= 0.6 is 0 Å². The Bertz CT molecular complexity index is 278. The molecule has 2 rings (SSSR count). The van der Waals surface area contributed by atoms with E-state index < -0.39 is 0 Å². The minimum atomic E-state index is 0.0104. The third kappa shape index (κ3) is 1.51. The number of rotatable bonds is 0. The Morgan fingerprint density at radius 2 is 1.93 bits per heavy atom. The van der Waals surface area contributed by atoms with Gasteiger partial charge in [-0.2, -0.15) is 0 Å². The molecule has 0 spiro atoms. The van der Waals surface area contributed by atoms with Crippen LogP contribution in [0, 0.1) is 17.3 Å². The molecule has 0 amide bonds. The van der Waals surface area contributed by atoms with Crippen molar-refractivity contribution in [3.63, 3.8) is 0 Å². The fourth-order valence-electron chi connectivity index (χ4n) is 2.86. The van der Waals surface area contributed by atoms with E-state index in [2.05, 4.69) is 13.8 Å². The molecule has 0 aromatic heterocycles. The monoisotopic (exact) mass is 194 g/mol. The Kier molecular flexibility index (Phi) is 2.24. The Morgan fingerprint density at radius 1 is 1.21 bits per heavy atom. The largest absolute Gasteiger partial charge is 0.300 e. The number of hydrogen-bond acceptors (Lipinski definition) is 2. The number of Topliss-reactive ketones (excluding diaryl/α,β-unsaturated/α-hetero) is 2. The van der Waals surface area contributed by atoms with E-state index in [0.717, 1.165) is 19.3 Å². The quantitative estimate of drug-likeness (QED) is 0.593. The number of carbonyl (C=O) groups excluding carboxylic acids is 2. The molecule has 2 nitrogen and oxygen atoms in total. The van der Waals surface area contributed by atoms with Crippen molar-refractivity contribution in [3.8, 4) is 0 Å². The van der Waals surface area contributed by atoms with Crippen molar-refractivity contribution < 1.29 is 9.59 Å². The van der Waals surface area contributed by atoms with Gasteiger partial charge in [0.1, 0.15) is 11.6 Å². The summed E-state index contributed by atoms with van der Waals surface area (Å²) in [6.45, 7) is 4.26. The molecule has 2 saturated carbocycles. The van der Waals surface area contributed by atoms with Crippen LogP contribution in [0.4, 0.5) is 0 Å². The normalized spacial score (nSPS) is 36.7. The van der Waals surface area contributed by atoms with Crippen LogP contribution in [-0.4, -0.2) is 11.6 Å². The van der Waals surface area contributed by atoms with Crippen molar-refractivity contribution in [1.29, 1.82) is 0 Å². The fraction of sp³-hybridized carbons (Fsp3) is 0.833. The van der Waals surface area contributed by atoms with E-state index in [1.807, 2.05) is 0 Å². The van der Waals surface area contributed by atoms with Crippen LogP contribution in [-0.2, 0) is 9.59 Å². The Hall–Kier alpha value is -0.660. The zero-order valence-corrected chi connectivity index (χ0v) is 9.01. The minimum absolute atomic E-state index is 0.0104. The van der Waals surface area contributed by atoms with Gasteiger partial charge in [-0.25, -0.2) is 0 Å². The molecular weight excluding hydrogens is 176 g/mol. The van der Waals surface area contributed by atoms with Gasteiger partial charge in [0.05, 0.1) is 0 Å². The molecule has 0 N–H and O–H groups in total. The molecule has 2 aliphatic carbocycles. The summed E-state index contributed by atoms with van der Waals surface area (Å²) in [5, 5.41) is 0. The van der Waals surface area contributed by atoms with Gasteiger partial charge in [0.25, 0.3) is 0 Å². The molecule has 2 heteroatoms. The van der Waals surface area contributed by atoms with Gasteiger partial charge >= 0.3 is 0 Å². The van der Waals surface area contributed by atoms with Crippen molar-refractivity contribution >= 4 is 11.6 Å². The highest BCUT2D eigenvalue weighted by Gasteiger charge is 2.45. The van der Waals surface area contributed by atoms with Crippen molar-refractivity contribution in [2.45, 2.75) is 46.0 Å². The molecular formula is C12H18O2. The molecule has 0 aliphatic heterocycles. The Labute approximate surface area is 85.1 Å². The van der Waals surface area contributed by atoms with Crippen molar-refractivity contribution in [2.75, 3.05) is 0 Å². The van der Waals surface area contributed by atoms with E-state index in [-0.39, 0.29) is 17.3 Å².